The molecule has 0 atom stereocenters. The average Bonchev–Trinajstić information content (AvgIpc) is 2.90. The number of H-pyrrole nitrogens is 2. The normalized spacial score (nSPS) is 11.3. The maximum absolute atomic E-state index is 12.3. The summed E-state index contributed by atoms with van der Waals surface area (Å²) in [5.74, 6) is 0.564. The number of aromatic amines is 2. The number of hydrogen-bond acceptors (Lipinski definition) is 2. The predicted octanol–water partition coefficient (Wildman–Crippen LogP) is 3.72. The quantitative estimate of drug-likeness (QED) is 0.562. The smallest absolute Gasteiger partial charge is 0.259 e. The van der Waals surface area contributed by atoms with Gasteiger partial charge in [0.15, 0.2) is 0 Å². The van der Waals surface area contributed by atoms with Crippen molar-refractivity contribution in [1.82, 2.24) is 15.0 Å². The number of aromatic nitrogens is 3. The lowest BCUT2D eigenvalue weighted by Gasteiger charge is -2.01. The number of rotatable bonds is 1. The Hall–Kier alpha value is -2.59. The van der Waals surface area contributed by atoms with Gasteiger partial charge < -0.3 is 9.97 Å². The molecule has 5 heteroatoms. The first-order valence-corrected chi connectivity index (χ1v) is 6.86. The van der Waals surface area contributed by atoms with Gasteiger partial charge in [-0.2, -0.15) is 0 Å². The standard InChI is InChI=1S/C16H10ClN3O/c17-10-6-5-9-7-11(16(21)20-14(9)8-10)15-18-12-3-1-2-4-13(12)19-15/h1-8H,(H,18,19)(H,20,21). The average molecular weight is 296 g/mol. The minimum absolute atomic E-state index is 0.191. The van der Waals surface area contributed by atoms with Crippen LogP contribution in [0.25, 0.3) is 33.3 Å². The Bertz CT molecular complexity index is 999. The van der Waals surface area contributed by atoms with Crippen molar-refractivity contribution in [3.63, 3.8) is 0 Å². The number of para-hydroxylation sites is 2. The maximum atomic E-state index is 12.3. The van der Waals surface area contributed by atoms with Gasteiger partial charge in [-0.15, -0.1) is 0 Å². The molecule has 21 heavy (non-hydrogen) atoms. The summed E-state index contributed by atoms with van der Waals surface area (Å²) in [5, 5.41) is 1.50. The highest BCUT2D eigenvalue weighted by Gasteiger charge is 2.10. The van der Waals surface area contributed by atoms with E-state index < -0.39 is 0 Å². The van der Waals surface area contributed by atoms with Crippen molar-refractivity contribution < 1.29 is 0 Å². The molecule has 2 aromatic heterocycles. The Labute approximate surface area is 124 Å². The first-order valence-electron chi connectivity index (χ1n) is 6.48. The first-order chi connectivity index (χ1) is 10.2. The van der Waals surface area contributed by atoms with E-state index in [1.807, 2.05) is 36.4 Å². The summed E-state index contributed by atoms with van der Waals surface area (Å²) in [5.41, 5.74) is 2.78. The van der Waals surface area contributed by atoms with Gasteiger partial charge in [-0.3, -0.25) is 4.79 Å². The van der Waals surface area contributed by atoms with Gasteiger partial charge in [0, 0.05) is 10.5 Å². The number of benzene rings is 2. The van der Waals surface area contributed by atoms with Crippen LogP contribution in [0.4, 0.5) is 0 Å². The van der Waals surface area contributed by atoms with Crippen molar-refractivity contribution >= 4 is 33.5 Å². The Balaban J connectivity index is 1.99. The highest BCUT2D eigenvalue weighted by molar-refractivity contribution is 6.31. The largest absolute Gasteiger partial charge is 0.338 e. The van der Waals surface area contributed by atoms with E-state index in [9.17, 15) is 4.79 Å². The van der Waals surface area contributed by atoms with E-state index in [1.165, 1.54) is 0 Å². The van der Waals surface area contributed by atoms with E-state index in [2.05, 4.69) is 15.0 Å². The number of halogens is 1. The second kappa shape index (κ2) is 4.46. The zero-order valence-corrected chi connectivity index (χ0v) is 11.6. The Morgan fingerprint density at radius 3 is 2.67 bits per heavy atom. The van der Waals surface area contributed by atoms with Crippen LogP contribution < -0.4 is 5.56 Å². The molecule has 0 spiro atoms. The fourth-order valence-corrected chi connectivity index (χ4v) is 2.60. The molecule has 2 heterocycles. The van der Waals surface area contributed by atoms with E-state index >= 15 is 0 Å². The summed E-state index contributed by atoms with van der Waals surface area (Å²) >= 11 is 5.94. The van der Waals surface area contributed by atoms with Crippen LogP contribution in [0.1, 0.15) is 0 Å². The molecular formula is C16H10ClN3O. The summed E-state index contributed by atoms with van der Waals surface area (Å²) in [4.78, 5) is 22.7. The lowest BCUT2D eigenvalue weighted by molar-refractivity contribution is 1.25. The molecule has 0 aliphatic heterocycles. The third kappa shape index (κ3) is 2.00. The highest BCUT2D eigenvalue weighted by atomic mass is 35.5. The number of nitrogens with zero attached hydrogens (tertiary/aromatic N) is 1. The Morgan fingerprint density at radius 1 is 0.952 bits per heavy atom. The van der Waals surface area contributed by atoms with E-state index in [1.54, 1.807) is 12.1 Å². The van der Waals surface area contributed by atoms with Crippen molar-refractivity contribution in [3.05, 3.63) is 63.9 Å². The topological polar surface area (TPSA) is 61.5 Å². The van der Waals surface area contributed by atoms with Crippen molar-refractivity contribution in [2.75, 3.05) is 0 Å². The summed E-state index contributed by atoms with van der Waals surface area (Å²) < 4.78 is 0. The van der Waals surface area contributed by atoms with E-state index in [0.29, 0.717) is 21.9 Å². The third-order valence-electron chi connectivity index (χ3n) is 3.45. The second-order valence-electron chi connectivity index (χ2n) is 4.85. The van der Waals surface area contributed by atoms with Crippen molar-refractivity contribution in [3.8, 4) is 11.4 Å². The lowest BCUT2D eigenvalue weighted by Crippen LogP contribution is -2.09. The minimum atomic E-state index is -0.191. The molecular weight excluding hydrogens is 286 g/mol. The van der Waals surface area contributed by atoms with Crippen LogP contribution in [-0.4, -0.2) is 15.0 Å². The van der Waals surface area contributed by atoms with Gasteiger partial charge in [0.2, 0.25) is 0 Å². The molecule has 0 aliphatic rings. The Morgan fingerprint density at radius 2 is 1.81 bits per heavy atom. The van der Waals surface area contributed by atoms with Crippen LogP contribution >= 0.6 is 11.6 Å². The third-order valence-corrected chi connectivity index (χ3v) is 3.69. The van der Waals surface area contributed by atoms with Crippen molar-refractivity contribution in [2.45, 2.75) is 0 Å². The lowest BCUT2D eigenvalue weighted by atomic mass is 10.1. The molecule has 0 saturated heterocycles. The van der Waals surface area contributed by atoms with Crippen molar-refractivity contribution in [2.24, 2.45) is 0 Å². The molecule has 2 aromatic carbocycles. The molecule has 2 N–H and O–H groups in total. The predicted molar refractivity (Wildman–Crippen MR) is 84.7 cm³/mol. The molecule has 0 amide bonds. The molecule has 0 saturated carbocycles. The summed E-state index contributed by atoms with van der Waals surface area (Å²) in [6, 6.07) is 14.9. The van der Waals surface area contributed by atoms with Crippen LogP contribution in [-0.2, 0) is 0 Å². The number of fused-ring (bicyclic) bond motifs is 2. The van der Waals surface area contributed by atoms with Gasteiger partial charge in [0.05, 0.1) is 16.6 Å². The maximum Gasteiger partial charge on any atom is 0.259 e. The Kier molecular flexibility index (Phi) is 2.59. The van der Waals surface area contributed by atoms with E-state index in [-0.39, 0.29) is 5.56 Å². The number of hydrogen-bond donors (Lipinski definition) is 2. The molecule has 0 fully saturated rings. The van der Waals surface area contributed by atoms with Crippen LogP contribution in [0.5, 0.6) is 0 Å². The zero-order valence-electron chi connectivity index (χ0n) is 10.9. The van der Waals surface area contributed by atoms with Crippen LogP contribution in [0, 0.1) is 0 Å². The van der Waals surface area contributed by atoms with Crippen LogP contribution in [0.3, 0.4) is 0 Å². The molecule has 102 valence electrons. The second-order valence-corrected chi connectivity index (χ2v) is 5.28. The number of nitrogens with one attached hydrogen (secondary N) is 2. The minimum Gasteiger partial charge on any atom is -0.338 e. The first kappa shape index (κ1) is 12.2. The van der Waals surface area contributed by atoms with Crippen LogP contribution in [0.15, 0.2) is 53.3 Å². The summed E-state index contributed by atoms with van der Waals surface area (Å²) in [6.07, 6.45) is 0. The fraction of sp³-hybridized carbons (Fsp3) is 0. The zero-order chi connectivity index (χ0) is 14.4. The highest BCUT2D eigenvalue weighted by Crippen LogP contribution is 2.22. The molecule has 4 aromatic rings. The summed E-state index contributed by atoms with van der Waals surface area (Å²) in [7, 11) is 0. The van der Waals surface area contributed by atoms with Gasteiger partial charge in [0.1, 0.15) is 5.82 Å². The molecule has 0 aliphatic carbocycles. The fourth-order valence-electron chi connectivity index (χ4n) is 2.43. The molecule has 0 radical (unpaired) electrons. The van der Waals surface area contributed by atoms with Gasteiger partial charge in [-0.25, -0.2) is 4.98 Å². The van der Waals surface area contributed by atoms with Crippen molar-refractivity contribution in [1.29, 1.82) is 0 Å². The van der Waals surface area contributed by atoms with Gasteiger partial charge >= 0.3 is 0 Å². The molecule has 4 rings (SSSR count). The van der Waals surface area contributed by atoms with Gasteiger partial charge in [-0.1, -0.05) is 29.8 Å². The van der Waals surface area contributed by atoms with Crippen LogP contribution in [0.2, 0.25) is 5.02 Å². The number of imidazole rings is 1. The van der Waals surface area contributed by atoms with E-state index in [4.69, 9.17) is 11.6 Å². The van der Waals surface area contributed by atoms with Gasteiger partial charge in [0.25, 0.3) is 5.56 Å². The van der Waals surface area contributed by atoms with Gasteiger partial charge in [-0.05, 0) is 35.7 Å². The summed E-state index contributed by atoms with van der Waals surface area (Å²) in [6.45, 7) is 0. The molecule has 0 bridgehead atoms. The SMILES string of the molecule is O=c1[nH]c2cc(Cl)ccc2cc1-c1nc2ccccc2[nH]1. The number of pyridine rings is 1. The monoisotopic (exact) mass is 295 g/mol. The molecule has 0 unspecified atom stereocenters. The molecule has 4 nitrogen and oxygen atoms in total. The van der Waals surface area contributed by atoms with E-state index in [0.717, 1.165) is 16.4 Å².